The molecule has 3 rings (SSSR count). The van der Waals surface area contributed by atoms with Crippen molar-refractivity contribution in [3.05, 3.63) is 35.4 Å². The predicted octanol–water partition coefficient (Wildman–Crippen LogP) is 2.66. The molecule has 2 aliphatic rings. The Hall–Kier alpha value is -1.08. The molecule has 1 atom stereocenters. The number of benzene rings is 1. The minimum Gasteiger partial charge on any atom is -0.387 e. The third-order valence-electron chi connectivity index (χ3n) is 4.85. The van der Waals surface area contributed by atoms with E-state index in [1.54, 1.807) is 0 Å². The van der Waals surface area contributed by atoms with Crippen molar-refractivity contribution in [2.45, 2.75) is 44.0 Å². The number of likely N-dealkylation sites (tertiary alicyclic amines) is 1. The third-order valence-corrected chi connectivity index (χ3v) is 4.85. The number of rotatable bonds is 5. The highest BCUT2D eigenvalue weighted by Gasteiger charge is 2.26. The van der Waals surface area contributed by atoms with Gasteiger partial charge in [-0.3, -0.25) is 0 Å². The molecule has 24 heavy (non-hydrogen) atoms. The van der Waals surface area contributed by atoms with Crippen LogP contribution in [-0.2, 0) is 9.47 Å². The van der Waals surface area contributed by atoms with Gasteiger partial charge in [0.2, 0.25) is 0 Å². The maximum atomic E-state index is 13.7. The average molecular weight is 341 g/mol. The van der Waals surface area contributed by atoms with Gasteiger partial charge in [0.25, 0.3) is 0 Å². The molecule has 134 valence electrons. The van der Waals surface area contributed by atoms with Gasteiger partial charge < -0.3 is 19.5 Å². The molecule has 1 aromatic rings. The zero-order valence-electron chi connectivity index (χ0n) is 13.8. The molecule has 2 aliphatic heterocycles. The number of aliphatic hydroxyl groups excluding tert-OH is 1. The molecule has 0 bridgehead atoms. The van der Waals surface area contributed by atoms with Gasteiger partial charge in [-0.15, -0.1) is 0 Å². The van der Waals surface area contributed by atoms with Crippen molar-refractivity contribution < 1.29 is 23.4 Å². The summed E-state index contributed by atoms with van der Waals surface area (Å²) >= 11 is 0. The largest absolute Gasteiger partial charge is 0.387 e. The normalized spacial score (nSPS) is 22.6. The zero-order chi connectivity index (χ0) is 16.9. The molecular weight excluding hydrogens is 316 g/mol. The van der Waals surface area contributed by atoms with Gasteiger partial charge >= 0.3 is 0 Å². The molecule has 0 amide bonds. The second-order valence-corrected chi connectivity index (χ2v) is 6.60. The van der Waals surface area contributed by atoms with Crippen LogP contribution in [-0.4, -0.2) is 55.1 Å². The first kappa shape index (κ1) is 17.7. The van der Waals surface area contributed by atoms with Crippen LogP contribution in [0.5, 0.6) is 0 Å². The van der Waals surface area contributed by atoms with Crippen molar-refractivity contribution in [2.75, 3.05) is 32.8 Å². The molecule has 2 saturated heterocycles. The first-order chi connectivity index (χ1) is 11.6. The Kier molecular flexibility index (Phi) is 6.16. The molecule has 0 aromatic heterocycles. The molecule has 0 radical (unpaired) electrons. The summed E-state index contributed by atoms with van der Waals surface area (Å²) < 4.78 is 38.9. The van der Waals surface area contributed by atoms with E-state index in [4.69, 9.17) is 9.47 Å². The van der Waals surface area contributed by atoms with Gasteiger partial charge in [0.15, 0.2) is 0 Å². The summed E-state index contributed by atoms with van der Waals surface area (Å²) in [4.78, 5) is 2.04. The third kappa shape index (κ3) is 4.51. The topological polar surface area (TPSA) is 41.9 Å². The fraction of sp³-hybridized carbons (Fsp3) is 0.667. The quantitative estimate of drug-likeness (QED) is 0.894. The summed E-state index contributed by atoms with van der Waals surface area (Å²) in [6.45, 7) is 3.30. The summed E-state index contributed by atoms with van der Waals surface area (Å²) in [6, 6.07) is 3.66. The number of ether oxygens (including phenoxy) is 2. The van der Waals surface area contributed by atoms with Crippen LogP contribution in [0.15, 0.2) is 18.2 Å². The van der Waals surface area contributed by atoms with Crippen molar-refractivity contribution in [1.29, 1.82) is 0 Å². The number of nitrogens with zero attached hydrogens (tertiary/aromatic N) is 1. The lowest BCUT2D eigenvalue weighted by atomic mass is 10.0. The smallest absolute Gasteiger partial charge is 0.131 e. The van der Waals surface area contributed by atoms with Crippen LogP contribution in [0.4, 0.5) is 8.78 Å². The number of halogens is 2. The predicted molar refractivity (Wildman–Crippen MR) is 85.7 cm³/mol. The summed E-state index contributed by atoms with van der Waals surface area (Å²) in [6.07, 6.45) is 3.02. The number of aliphatic hydroxyl groups is 1. The van der Waals surface area contributed by atoms with Gasteiger partial charge in [-0.1, -0.05) is 6.07 Å². The molecule has 0 saturated carbocycles. The average Bonchev–Trinajstić information content (AvgIpc) is 2.57. The molecule has 1 N–H and O–H groups in total. The van der Waals surface area contributed by atoms with E-state index in [1.165, 1.54) is 18.2 Å². The van der Waals surface area contributed by atoms with Crippen LogP contribution in [0.2, 0.25) is 0 Å². The van der Waals surface area contributed by atoms with Gasteiger partial charge in [-0.05, 0) is 37.8 Å². The molecule has 6 heteroatoms. The molecule has 1 aromatic carbocycles. The first-order valence-electron chi connectivity index (χ1n) is 8.71. The molecule has 2 heterocycles. The minimum absolute atomic E-state index is 0.228. The summed E-state index contributed by atoms with van der Waals surface area (Å²) in [5.41, 5.74) is -0.238. The van der Waals surface area contributed by atoms with Crippen LogP contribution >= 0.6 is 0 Å². The van der Waals surface area contributed by atoms with E-state index in [-0.39, 0.29) is 24.3 Å². The molecule has 2 fully saturated rings. The van der Waals surface area contributed by atoms with Crippen molar-refractivity contribution in [1.82, 2.24) is 4.90 Å². The highest BCUT2D eigenvalue weighted by atomic mass is 19.1. The number of hydrogen-bond donors (Lipinski definition) is 1. The Labute approximate surface area is 141 Å². The summed E-state index contributed by atoms with van der Waals surface area (Å²) in [7, 11) is 0. The van der Waals surface area contributed by atoms with E-state index < -0.39 is 17.7 Å². The summed E-state index contributed by atoms with van der Waals surface area (Å²) in [5, 5.41) is 10.2. The highest BCUT2D eigenvalue weighted by molar-refractivity contribution is 5.22. The second-order valence-electron chi connectivity index (χ2n) is 6.60. The maximum absolute atomic E-state index is 13.7. The Morgan fingerprint density at radius 2 is 1.67 bits per heavy atom. The lowest BCUT2D eigenvalue weighted by Crippen LogP contribution is -2.41. The SMILES string of the molecule is OC(CN1CCC(OC2CCOCC2)CC1)c1c(F)cccc1F. The Bertz CT molecular complexity index is 509. The maximum Gasteiger partial charge on any atom is 0.131 e. The zero-order valence-corrected chi connectivity index (χ0v) is 13.8. The van der Waals surface area contributed by atoms with Crippen molar-refractivity contribution in [3.63, 3.8) is 0 Å². The second kappa shape index (κ2) is 8.34. The van der Waals surface area contributed by atoms with Crippen LogP contribution < -0.4 is 0 Å². The van der Waals surface area contributed by atoms with E-state index in [2.05, 4.69) is 0 Å². The van der Waals surface area contributed by atoms with Crippen molar-refractivity contribution in [3.8, 4) is 0 Å². The van der Waals surface area contributed by atoms with E-state index in [1.807, 2.05) is 4.90 Å². The standard InChI is InChI=1S/C18H25F2NO3/c19-15-2-1-3-16(20)18(15)17(22)12-21-8-4-13(5-9-21)24-14-6-10-23-11-7-14/h1-3,13-14,17,22H,4-12H2. The van der Waals surface area contributed by atoms with Gasteiger partial charge in [-0.25, -0.2) is 8.78 Å². The number of β-amino-alcohol motifs (C(OH)–C–C–N with tert-alkyl or cyclic N) is 1. The van der Waals surface area contributed by atoms with E-state index >= 15 is 0 Å². The van der Waals surface area contributed by atoms with Gasteiger partial charge in [0, 0.05) is 32.8 Å². The Morgan fingerprint density at radius 1 is 1.08 bits per heavy atom. The summed E-state index contributed by atoms with van der Waals surface area (Å²) in [5.74, 6) is -1.39. The minimum atomic E-state index is -1.15. The van der Waals surface area contributed by atoms with Crippen LogP contribution in [0, 0.1) is 11.6 Å². The van der Waals surface area contributed by atoms with Crippen LogP contribution in [0.3, 0.4) is 0 Å². The first-order valence-corrected chi connectivity index (χ1v) is 8.71. The van der Waals surface area contributed by atoms with Crippen LogP contribution in [0.1, 0.15) is 37.4 Å². The fourth-order valence-electron chi connectivity index (χ4n) is 3.48. The molecule has 0 aliphatic carbocycles. The molecular formula is C18H25F2NO3. The van der Waals surface area contributed by atoms with Crippen molar-refractivity contribution in [2.24, 2.45) is 0 Å². The van der Waals surface area contributed by atoms with Gasteiger partial charge in [0.1, 0.15) is 11.6 Å². The van der Waals surface area contributed by atoms with Crippen LogP contribution in [0.25, 0.3) is 0 Å². The molecule has 4 nitrogen and oxygen atoms in total. The van der Waals surface area contributed by atoms with Crippen molar-refractivity contribution >= 4 is 0 Å². The van der Waals surface area contributed by atoms with E-state index in [9.17, 15) is 13.9 Å². The molecule has 0 spiro atoms. The monoisotopic (exact) mass is 341 g/mol. The number of piperidine rings is 1. The fourth-order valence-corrected chi connectivity index (χ4v) is 3.48. The van der Waals surface area contributed by atoms with Gasteiger partial charge in [0.05, 0.1) is 23.9 Å². The van der Waals surface area contributed by atoms with Gasteiger partial charge in [-0.2, -0.15) is 0 Å². The highest BCUT2D eigenvalue weighted by Crippen LogP contribution is 2.24. The Morgan fingerprint density at radius 3 is 2.29 bits per heavy atom. The Balaban J connectivity index is 1.46. The van der Waals surface area contributed by atoms with E-state index in [0.717, 1.165) is 52.0 Å². The lowest BCUT2D eigenvalue weighted by Gasteiger charge is -2.35. The lowest BCUT2D eigenvalue weighted by molar-refractivity contribution is -0.0865. The molecule has 1 unspecified atom stereocenters. The number of hydrogen-bond acceptors (Lipinski definition) is 4. The van der Waals surface area contributed by atoms with E-state index in [0.29, 0.717) is 0 Å².